The largest absolute Gasteiger partial charge is 0.478 e. The summed E-state index contributed by atoms with van der Waals surface area (Å²) in [6, 6.07) is 3.97. The molecule has 1 aromatic rings. The molecule has 1 unspecified atom stereocenters. The number of carbonyl (C=O) groups is 3. The Hall–Kier alpha value is -2.62. The summed E-state index contributed by atoms with van der Waals surface area (Å²) < 4.78 is 18.9. The molecule has 1 fully saturated rings. The summed E-state index contributed by atoms with van der Waals surface area (Å²) in [5.41, 5.74) is 2.63. The molecular weight excluding hydrogens is 329 g/mol. The van der Waals surface area contributed by atoms with E-state index in [9.17, 15) is 18.8 Å². The SMILES string of the molecule is O=C1CSC(c2ccc(N3CC(C(=O)O)OC3=O)cc2F)=NN1. The number of cyclic esters (lactones) is 1. The van der Waals surface area contributed by atoms with Crippen molar-refractivity contribution in [3.05, 3.63) is 29.6 Å². The molecule has 3 rings (SSSR count). The highest BCUT2D eigenvalue weighted by Crippen LogP contribution is 2.26. The fourth-order valence-corrected chi connectivity index (χ4v) is 2.86. The van der Waals surface area contributed by atoms with Crippen LogP contribution in [0.1, 0.15) is 5.56 Å². The Balaban J connectivity index is 1.84. The fourth-order valence-electron chi connectivity index (χ4n) is 2.10. The van der Waals surface area contributed by atoms with Gasteiger partial charge >= 0.3 is 12.1 Å². The van der Waals surface area contributed by atoms with E-state index in [0.717, 1.165) is 22.7 Å². The number of carboxylic acid groups (broad SMARTS) is 1. The van der Waals surface area contributed by atoms with Crippen LogP contribution < -0.4 is 10.3 Å². The van der Waals surface area contributed by atoms with Gasteiger partial charge in [0.1, 0.15) is 10.9 Å². The Morgan fingerprint density at radius 2 is 2.26 bits per heavy atom. The number of benzene rings is 1. The zero-order chi connectivity index (χ0) is 16.6. The number of aliphatic carboxylic acids is 1. The van der Waals surface area contributed by atoms with Gasteiger partial charge in [0.2, 0.25) is 6.10 Å². The van der Waals surface area contributed by atoms with Crippen LogP contribution in [0.5, 0.6) is 0 Å². The van der Waals surface area contributed by atoms with E-state index in [4.69, 9.17) is 5.11 Å². The highest BCUT2D eigenvalue weighted by Gasteiger charge is 2.37. The van der Waals surface area contributed by atoms with Gasteiger partial charge in [0.25, 0.3) is 5.91 Å². The number of thioether (sulfide) groups is 1. The van der Waals surface area contributed by atoms with Crippen molar-refractivity contribution in [3.63, 3.8) is 0 Å². The molecule has 0 radical (unpaired) electrons. The third-order valence-corrected chi connectivity index (χ3v) is 4.20. The molecule has 0 bridgehead atoms. The minimum Gasteiger partial charge on any atom is -0.478 e. The lowest BCUT2D eigenvalue weighted by Gasteiger charge is -2.16. The van der Waals surface area contributed by atoms with E-state index >= 15 is 0 Å². The van der Waals surface area contributed by atoms with E-state index in [1.165, 1.54) is 12.1 Å². The van der Waals surface area contributed by atoms with Crippen molar-refractivity contribution in [1.29, 1.82) is 0 Å². The van der Waals surface area contributed by atoms with E-state index in [0.29, 0.717) is 5.04 Å². The summed E-state index contributed by atoms with van der Waals surface area (Å²) in [7, 11) is 0. The van der Waals surface area contributed by atoms with E-state index in [2.05, 4.69) is 15.3 Å². The van der Waals surface area contributed by atoms with Crippen molar-refractivity contribution in [1.82, 2.24) is 5.43 Å². The molecule has 120 valence electrons. The zero-order valence-corrected chi connectivity index (χ0v) is 12.3. The molecule has 2 aliphatic heterocycles. The van der Waals surface area contributed by atoms with Crippen molar-refractivity contribution >= 4 is 40.5 Å². The summed E-state index contributed by atoms with van der Waals surface area (Å²) in [5.74, 6) is -2.04. The summed E-state index contributed by atoms with van der Waals surface area (Å²) >= 11 is 1.10. The first-order valence-corrected chi connectivity index (χ1v) is 7.44. The molecule has 0 saturated carbocycles. The lowest BCUT2D eigenvalue weighted by molar-refractivity contribution is -0.144. The standard InChI is InChI=1S/C13H10FN3O5S/c14-8-3-6(17-4-9(12(19)20)22-13(17)21)1-2-7(8)11-16-15-10(18)5-23-11/h1-3,9H,4-5H2,(H,15,18)(H,19,20). The number of amides is 2. The second-order valence-electron chi connectivity index (χ2n) is 4.73. The minimum absolute atomic E-state index is 0.138. The summed E-state index contributed by atoms with van der Waals surface area (Å²) in [6.45, 7) is -0.196. The predicted octanol–water partition coefficient (Wildman–Crippen LogP) is 0.760. The molecule has 10 heteroatoms. The molecule has 8 nitrogen and oxygen atoms in total. The van der Waals surface area contributed by atoms with E-state index in [1.54, 1.807) is 0 Å². The molecule has 2 N–H and O–H groups in total. The molecule has 2 amide bonds. The fraction of sp³-hybridized carbons (Fsp3) is 0.231. The van der Waals surface area contributed by atoms with E-state index in [-0.39, 0.29) is 29.5 Å². The van der Waals surface area contributed by atoms with Gasteiger partial charge in [-0.15, -0.1) is 0 Å². The van der Waals surface area contributed by atoms with Gasteiger partial charge < -0.3 is 9.84 Å². The normalized spacial score (nSPS) is 20.8. The lowest BCUT2D eigenvalue weighted by Crippen LogP contribution is -2.28. The number of anilines is 1. The van der Waals surface area contributed by atoms with Crippen LogP contribution in [0.4, 0.5) is 14.9 Å². The highest BCUT2D eigenvalue weighted by atomic mass is 32.2. The summed E-state index contributed by atoms with van der Waals surface area (Å²) in [4.78, 5) is 34.6. The molecule has 23 heavy (non-hydrogen) atoms. The second-order valence-corrected chi connectivity index (χ2v) is 5.69. The molecule has 1 aromatic carbocycles. The summed E-state index contributed by atoms with van der Waals surface area (Å²) in [6.07, 6.45) is -2.13. The first kappa shape index (κ1) is 15.3. The van der Waals surface area contributed by atoms with Gasteiger partial charge in [-0.05, 0) is 18.2 Å². The molecule has 1 atom stereocenters. The number of halogens is 1. The van der Waals surface area contributed by atoms with Crippen molar-refractivity contribution < 1.29 is 28.6 Å². The number of hydrogen-bond donors (Lipinski definition) is 2. The van der Waals surface area contributed by atoms with Crippen molar-refractivity contribution in [2.75, 3.05) is 17.2 Å². The predicted molar refractivity (Wildman–Crippen MR) is 78.8 cm³/mol. The molecule has 0 aromatic heterocycles. The zero-order valence-electron chi connectivity index (χ0n) is 11.5. The average Bonchev–Trinajstić information content (AvgIpc) is 2.90. The second kappa shape index (κ2) is 5.88. The Kier molecular flexibility index (Phi) is 3.90. The Bertz CT molecular complexity index is 738. The molecule has 0 spiro atoms. The van der Waals surface area contributed by atoms with Crippen molar-refractivity contribution in [3.8, 4) is 0 Å². The van der Waals surface area contributed by atoms with Crippen LogP contribution in [-0.4, -0.2) is 46.5 Å². The van der Waals surface area contributed by atoms with Crippen LogP contribution in [-0.2, 0) is 14.3 Å². The molecule has 0 aliphatic carbocycles. The maximum Gasteiger partial charge on any atom is 0.415 e. The van der Waals surface area contributed by atoms with Gasteiger partial charge in [0, 0.05) is 5.56 Å². The number of nitrogens with one attached hydrogen (secondary N) is 1. The third kappa shape index (κ3) is 2.97. The number of ether oxygens (including phenoxy) is 1. The van der Waals surface area contributed by atoms with E-state index in [1.807, 2.05) is 0 Å². The number of carboxylic acids is 1. The van der Waals surface area contributed by atoms with Gasteiger partial charge in [-0.3, -0.25) is 9.69 Å². The monoisotopic (exact) mass is 339 g/mol. The van der Waals surface area contributed by atoms with Crippen molar-refractivity contribution in [2.45, 2.75) is 6.10 Å². The maximum atomic E-state index is 14.3. The molecule has 2 heterocycles. The third-order valence-electron chi connectivity index (χ3n) is 3.20. The molecular formula is C13H10FN3O5S. The van der Waals surface area contributed by atoms with Crippen LogP contribution in [0, 0.1) is 5.82 Å². The van der Waals surface area contributed by atoms with Gasteiger partial charge in [0.05, 0.1) is 18.0 Å². The first-order valence-electron chi connectivity index (χ1n) is 6.46. The van der Waals surface area contributed by atoms with Gasteiger partial charge in [-0.2, -0.15) is 5.10 Å². The van der Waals surface area contributed by atoms with Gasteiger partial charge in [-0.1, -0.05) is 11.8 Å². The van der Waals surface area contributed by atoms with Gasteiger partial charge in [-0.25, -0.2) is 19.4 Å². The summed E-state index contributed by atoms with van der Waals surface area (Å²) in [5, 5.41) is 13.0. The maximum absolute atomic E-state index is 14.3. The average molecular weight is 339 g/mol. The minimum atomic E-state index is -1.28. The Morgan fingerprint density at radius 3 is 2.83 bits per heavy atom. The number of hydrogen-bond acceptors (Lipinski definition) is 6. The van der Waals surface area contributed by atoms with Crippen LogP contribution >= 0.6 is 11.8 Å². The Morgan fingerprint density at radius 1 is 1.48 bits per heavy atom. The molecule has 2 aliphatic rings. The first-order chi connectivity index (χ1) is 11.0. The van der Waals surface area contributed by atoms with Crippen molar-refractivity contribution in [2.24, 2.45) is 5.10 Å². The topological polar surface area (TPSA) is 108 Å². The lowest BCUT2D eigenvalue weighted by atomic mass is 10.2. The number of rotatable bonds is 3. The quantitative estimate of drug-likeness (QED) is 0.842. The number of hydrazone groups is 1. The Labute approximate surface area is 133 Å². The van der Waals surface area contributed by atoms with Gasteiger partial charge in [0.15, 0.2) is 0 Å². The number of nitrogens with zero attached hydrogens (tertiary/aromatic N) is 2. The van der Waals surface area contributed by atoms with Crippen LogP contribution in [0.2, 0.25) is 0 Å². The van der Waals surface area contributed by atoms with E-state index < -0.39 is 24.0 Å². The smallest absolute Gasteiger partial charge is 0.415 e. The van der Waals surface area contributed by atoms with Crippen LogP contribution in [0.25, 0.3) is 0 Å². The number of carbonyl (C=O) groups excluding carboxylic acids is 2. The van der Waals surface area contributed by atoms with Crippen LogP contribution in [0.3, 0.4) is 0 Å². The highest BCUT2D eigenvalue weighted by molar-refractivity contribution is 8.15. The van der Waals surface area contributed by atoms with Crippen LogP contribution in [0.15, 0.2) is 23.3 Å². The molecule has 1 saturated heterocycles.